The number of nitrogens with one attached hydrogen (secondary N) is 1. The van der Waals surface area contributed by atoms with Gasteiger partial charge in [-0.2, -0.15) is 0 Å². The fraction of sp³-hybridized carbons (Fsp3) is 0.562. The minimum Gasteiger partial charge on any atom is -0.379 e. The molecule has 0 heterocycles. The summed E-state index contributed by atoms with van der Waals surface area (Å²) in [5.74, 6) is 0.157. The molecule has 104 valence electrons. The van der Waals surface area contributed by atoms with Crippen LogP contribution in [-0.4, -0.2) is 25.2 Å². The van der Waals surface area contributed by atoms with Crippen LogP contribution < -0.4 is 5.32 Å². The van der Waals surface area contributed by atoms with E-state index in [0.29, 0.717) is 6.42 Å². The van der Waals surface area contributed by atoms with Crippen molar-refractivity contribution >= 4 is 5.91 Å². The Kier molecular flexibility index (Phi) is 5.40. The molecule has 0 saturated heterocycles. The van der Waals surface area contributed by atoms with Gasteiger partial charge in [-0.1, -0.05) is 30.3 Å². The summed E-state index contributed by atoms with van der Waals surface area (Å²) in [5, 5.41) is 3.10. The molecule has 3 heteroatoms. The van der Waals surface area contributed by atoms with Crippen molar-refractivity contribution in [1.29, 1.82) is 0 Å². The fourth-order valence-corrected chi connectivity index (χ4v) is 2.75. The molecule has 0 aliphatic heterocycles. The molecule has 1 N–H and O–H groups in total. The SMILES string of the molecule is CO[C@H]1CCC[C@H]1NC(=O)CCCc1ccccc1. The molecule has 1 amide bonds. The van der Waals surface area contributed by atoms with Gasteiger partial charge in [0.25, 0.3) is 0 Å². The largest absolute Gasteiger partial charge is 0.379 e. The van der Waals surface area contributed by atoms with E-state index < -0.39 is 0 Å². The van der Waals surface area contributed by atoms with Crippen molar-refractivity contribution in [1.82, 2.24) is 5.32 Å². The van der Waals surface area contributed by atoms with Gasteiger partial charge in [0.2, 0.25) is 5.91 Å². The monoisotopic (exact) mass is 261 g/mol. The average Bonchev–Trinajstić information content (AvgIpc) is 2.87. The Balaban J connectivity index is 1.67. The first-order valence-electron chi connectivity index (χ1n) is 7.15. The lowest BCUT2D eigenvalue weighted by molar-refractivity contribution is -0.122. The predicted octanol–water partition coefficient (Wildman–Crippen LogP) is 2.69. The summed E-state index contributed by atoms with van der Waals surface area (Å²) in [6, 6.07) is 10.5. The Morgan fingerprint density at radius 3 is 2.84 bits per heavy atom. The predicted molar refractivity (Wildman–Crippen MR) is 76.0 cm³/mol. The number of aryl methyl sites for hydroxylation is 1. The highest BCUT2D eigenvalue weighted by Gasteiger charge is 2.27. The number of benzene rings is 1. The van der Waals surface area contributed by atoms with Gasteiger partial charge in [0.15, 0.2) is 0 Å². The van der Waals surface area contributed by atoms with Crippen molar-refractivity contribution in [3.63, 3.8) is 0 Å². The third-order valence-electron chi connectivity index (χ3n) is 3.81. The molecule has 1 saturated carbocycles. The van der Waals surface area contributed by atoms with E-state index in [4.69, 9.17) is 4.74 Å². The summed E-state index contributed by atoms with van der Waals surface area (Å²) in [6.45, 7) is 0. The molecule has 1 aliphatic rings. The molecule has 0 aromatic heterocycles. The van der Waals surface area contributed by atoms with Gasteiger partial charge < -0.3 is 10.1 Å². The standard InChI is InChI=1S/C16H23NO2/c1-19-15-11-6-10-14(15)17-16(18)12-5-9-13-7-3-2-4-8-13/h2-4,7-8,14-15H,5-6,9-12H2,1H3,(H,17,18)/t14-,15+/m1/s1. The zero-order valence-corrected chi connectivity index (χ0v) is 11.6. The second kappa shape index (κ2) is 7.29. The highest BCUT2D eigenvalue weighted by atomic mass is 16.5. The van der Waals surface area contributed by atoms with E-state index >= 15 is 0 Å². The third kappa shape index (κ3) is 4.35. The molecule has 2 atom stereocenters. The van der Waals surface area contributed by atoms with E-state index in [1.54, 1.807) is 7.11 Å². The minimum atomic E-state index is 0.157. The first-order chi connectivity index (χ1) is 9.29. The Labute approximate surface area is 115 Å². The normalized spacial score (nSPS) is 22.4. The molecule has 1 fully saturated rings. The van der Waals surface area contributed by atoms with Crippen LogP contribution in [0.4, 0.5) is 0 Å². The highest BCUT2D eigenvalue weighted by molar-refractivity contribution is 5.76. The van der Waals surface area contributed by atoms with Crippen molar-refractivity contribution in [2.45, 2.75) is 50.7 Å². The van der Waals surface area contributed by atoms with Gasteiger partial charge >= 0.3 is 0 Å². The van der Waals surface area contributed by atoms with Crippen LogP contribution in [-0.2, 0) is 16.0 Å². The summed E-state index contributed by atoms with van der Waals surface area (Å²) < 4.78 is 5.38. The molecule has 2 rings (SSSR count). The number of rotatable bonds is 6. The molecule has 0 radical (unpaired) electrons. The lowest BCUT2D eigenvalue weighted by Crippen LogP contribution is -2.40. The van der Waals surface area contributed by atoms with Gasteiger partial charge in [-0.05, 0) is 37.7 Å². The third-order valence-corrected chi connectivity index (χ3v) is 3.81. The first kappa shape index (κ1) is 14.1. The number of amides is 1. The second-order valence-corrected chi connectivity index (χ2v) is 5.22. The highest BCUT2D eigenvalue weighted by Crippen LogP contribution is 2.21. The maximum absolute atomic E-state index is 11.9. The van der Waals surface area contributed by atoms with Gasteiger partial charge in [-0.3, -0.25) is 4.79 Å². The number of carbonyl (C=O) groups is 1. The van der Waals surface area contributed by atoms with Crippen LogP contribution in [0.2, 0.25) is 0 Å². The summed E-state index contributed by atoms with van der Waals surface area (Å²) >= 11 is 0. The van der Waals surface area contributed by atoms with Crippen molar-refractivity contribution in [3.05, 3.63) is 35.9 Å². The average molecular weight is 261 g/mol. The van der Waals surface area contributed by atoms with Crippen LogP contribution in [0.25, 0.3) is 0 Å². The number of methoxy groups -OCH3 is 1. The molecule has 1 aromatic rings. The van der Waals surface area contributed by atoms with Crippen molar-refractivity contribution in [2.24, 2.45) is 0 Å². The zero-order valence-electron chi connectivity index (χ0n) is 11.6. The smallest absolute Gasteiger partial charge is 0.220 e. The molecule has 0 spiro atoms. The van der Waals surface area contributed by atoms with Crippen LogP contribution in [0.1, 0.15) is 37.7 Å². The lowest BCUT2D eigenvalue weighted by Gasteiger charge is -2.19. The lowest BCUT2D eigenvalue weighted by atomic mass is 10.1. The van der Waals surface area contributed by atoms with Crippen molar-refractivity contribution in [2.75, 3.05) is 7.11 Å². The fourth-order valence-electron chi connectivity index (χ4n) is 2.75. The Hall–Kier alpha value is -1.35. The van der Waals surface area contributed by atoms with Gasteiger partial charge in [0, 0.05) is 13.5 Å². The van der Waals surface area contributed by atoms with E-state index in [0.717, 1.165) is 32.1 Å². The van der Waals surface area contributed by atoms with Crippen molar-refractivity contribution in [3.8, 4) is 0 Å². The van der Waals surface area contributed by atoms with Crippen LogP contribution in [0.15, 0.2) is 30.3 Å². The number of ether oxygens (including phenoxy) is 1. The van der Waals surface area contributed by atoms with E-state index in [1.807, 2.05) is 18.2 Å². The molecule has 3 nitrogen and oxygen atoms in total. The van der Waals surface area contributed by atoms with E-state index in [2.05, 4.69) is 17.4 Å². The Bertz CT molecular complexity index is 391. The van der Waals surface area contributed by atoms with E-state index in [-0.39, 0.29) is 18.1 Å². The van der Waals surface area contributed by atoms with Crippen LogP contribution >= 0.6 is 0 Å². The molecule has 1 aliphatic carbocycles. The summed E-state index contributed by atoms with van der Waals surface area (Å²) in [7, 11) is 1.73. The molecule has 1 aromatic carbocycles. The van der Waals surface area contributed by atoms with Gasteiger partial charge in [0.05, 0.1) is 12.1 Å². The first-order valence-corrected chi connectivity index (χ1v) is 7.15. The minimum absolute atomic E-state index is 0.157. The van der Waals surface area contributed by atoms with E-state index in [9.17, 15) is 4.79 Å². The Morgan fingerprint density at radius 2 is 2.11 bits per heavy atom. The van der Waals surface area contributed by atoms with Gasteiger partial charge in [0.1, 0.15) is 0 Å². The van der Waals surface area contributed by atoms with Gasteiger partial charge in [-0.25, -0.2) is 0 Å². The summed E-state index contributed by atoms with van der Waals surface area (Å²) in [6.07, 6.45) is 5.93. The van der Waals surface area contributed by atoms with Gasteiger partial charge in [-0.15, -0.1) is 0 Å². The van der Waals surface area contributed by atoms with Crippen LogP contribution in [0, 0.1) is 0 Å². The number of hydrogen-bond acceptors (Lipinski definition) is 2. The summed E-state index contributed by atoms with van der Waals surface area (Å²) in [4.78, 5) is 11.9. The second-order valence-electron chi connectivity index (χ2n) is 5.22. The van der Waals surface area contributed by atoms with Crippen LogP contribution in [0.3, 0.4) is 0 Å². The molecule has 19 heavy (non-hydrogen) atoms. The van der Waals surface area contributed by atoms with E-state index in [1.165, 1.54) is 5.56 Å². The summed E-state index contributed by atoms with van der Waals surface area (Å²) in [5.41, 5.74) is 1.30. The Morgan fingerprint density at radius 1 is 1.32 bits per heavy atom. The maximum atomic E-state index is 11.9. The molecular formula is C16H23NO2. The molecular weight excluding hydrogens is 238 g/mol. The number of carbonyl (C=O) groups excluding carboxylic acids is 1. The van der Waals surface area contributed by atoms with Crippen LogP contribution in [0.5, 0.6) is 0 Å². The maximum Gasteiger partial charge on any atom is 0.220 e. The number of hydrogen-bond donors (Lipinski definition) is 1. The molecule has 0 unspecified atom stereocenters. The quantitative estimate of drug-likeness (QED) is 0.855. The zero-order chi connectivity index (χ0) is 13.5. The molecule has 0 bridgehead atoms. The topological polar surface area (TPSA) is 38.3 Å². The van der Waals surface area contributed by atoms with Crippen molar-refractivity contribution < 1.29 is 9.53 Å².